The van der Waals surface area contributed by atoms with Gasteiger partial charge < -0.3 is 11.1 Å². The third kappa shape index (κ3) is 2.49. The molecule has 0 saturated heterocycles. The highest BCUT2D eigenvalue weighted by Crippen LogP contribution is 2.18. The van der Waals surface area contributed by atoms with Gasteiger partial charge in [0, 0.05) is 17.4 Å². The maximum absolute atomic E-state index is 8.69. The second-order valence-electron chi connectivity index (χ2n) is 3.57. The van der Waals surface area contributed by atoms with Gasteiger partial charge in [0.25, 0.3) is 0 Å². The first-order valence-electron chi connectivity index (χ1n) is 5.05. The van der Waals surface area contributed by atoms with Gasteiger partial charge in [-0.2, -0.15) is 10.2 Å². The molecule has 2 aromatic rings. The second kappa shape index (κ2) is 4.49. The van der Waals surface area contributed by atoms with Crippen LogP contribution in [0.25, 0.3) is 0 Å². The molecular weight excluding hydrogens is 214 g/mol. The van der Waals surface area contributed by atoms with Gasteiger partial charge >= 0.3 is 0 Å². The van der Waals surface area contributed by atoms with Crippen molar-refractivity contribution in [3.05, 3.63) is 41.6 Å². The third-order valence-corrected chi connectivity index (χ3v) is 2.27. The number of hydrogen-bond acceptors (Lipinski definition) is 5. The number of rotatable bonds is 2. The van der Waals surface area contributed by atoms with Crippen molar-refractivity contribution in [2.45, 2.75) is 6.92 Å². The van der Waals surface area contributed by atoms with Crippen molar-refractivity contribution in [1.29, 1.82) is 5.26 Å². The smallest absolute Gasteiger partial charge is 0.221 e. The van der Waals surface area contributed by atoms with Gasteiger partial charge in [0.15, 0.2) is 0 Å². The fourth-order valence-electron chi connectivity index (χ4n) is 1.35. The van der Waals surface area contributed by atoms with Crippen LogP contribution in [-0.4, -0.2) is 9.97 Å². The Morgan fingerprint density at radius 3 is 2.65 bits per heavy atom. The number of benzene rings is 1. The predicted molar refractivity (Wildman–Crippen MR) is 65.6 cm³/mol. The summed E-state index contributed by atoms with van der Waals surface area (Å²) in [4.78, 5) is 7.99. The lowest BCUT2D eigenvalue weighted by Gasteiger charge is -2.08. The number of nitriles is 1. The molecule has 0 spiro atoms. The number of hydrogen-bond donors (Lipinski definition) is 2. The Morgan fingerprint density at radius 1 is 1.29 bits per heavy atom. The third-order valence-electron chi connectivity index (χ3n) is 2.27. The molecule has 5 heteroatoms. The van der Waals surface area contributed by atoms with Crippen molar-refractivity contribution >= 4 is 17.5 Å². The van der Waals surface area contributed by atoms with Gasteiger partial charge in [-0.05, 0) is 31.2 Å². The van der Waals surface area contributed by atoms with Crippen molar-refractivity contribution in [2.24, 2.45) is 0 Å². The maximum Gasteiger partial charge on any atom is 0.221 e. The lowest BCUT2D eigenvalue weighted by Crippen LogP contribution is -2.01. The zero-order valence-corrected chi connectivity index (χ0v) is 9.31. The Balaban J connectivity index is 2.25. The van der Waals surface area contributed by atoms with Crippen LogP contribution in [0.2, 0.25) is 0 Å². The first-order chi connectivity index (χ1) is 8.19. The lowest BCUT2D eigenvalue weighted by atomic mass is 10.2. The van der Waals surface area contributed by atoms with E-state index >= 15 is 0 Å². The van der Waals surface area contributed by atoms with Gasteiger partial charge in [-0.3, -0.25) is 0 Å². The number of anilines is 3. The van der Waals surface area contributed by atoms with E-state index in [0.717, 1.165) is 11.3 Å². The summed E-state index contributed by atoms with van der Waals surface area (Å²) in [6.45, 7) is 1.89. The number of nitrogens with two attached hydrogens (primary N) is 1. The zero-order chi connectivity index (χ0) is 12.3. The molecule has 0 aliphatic rings. The van der Waals surface area contributed by atoms with Gasteiger partial charge in [-0.25, -0.2) is 4.98 Å². The van der Waals surface area contributed by atoms with Gasteiger partial charge in [-0.15, -0.1) is 0 Å². The number of aryl methyl sites for hydroxylation is 1. The minimum atomic E-state index is 0.228. The van der Waals surface area contributed by atoms with E-state index in [1.807, 2.05) is 19.1 Å². The van der Waals surface area contributed by atoms with Crippen molar-refractivity contribution < 1.29 is 0 Å². The first kappa shape index (κ1) is 10.9. The van der Waals surface area contributed by atoms with Crippen molar-refractivity contribution in [2.75, 3.05) is 11.1 Å². The Bertz CT molecular complexity index is 568. The van der Waals surface area contributed by atoms with Crippen molar-refractivity contribution in [1.82, 2.24) is 9.97 Å². The Morgan fingerprint density at radius 2 is 2.00 bits per heavy atom. The fraction of sp³-hybridized carbons (Fsp3) is 0.0833. The summed E-state index contributed by atoms with van der Waals surface area (Å²) in [6, 6.07) is 9.17. The summed E-state index contributed by atoms with van der Waals surface area (Å²) >= 11 is 0. The van der Waals surface area contributed by atoms with Crippen LogP contribution in [0.1, 0.15) is 11.1 Å². The van der Waals surface area contributed by atoms with E-state index in [-0.39, 0.29) is 5.95 Å². The molecule has 0 aliphatic heterocycles. The van der Waals surface area contributed by atoms with E-state index in [1.54, 1.807) is 18.3 Å². The fourth-order valence-corrected chi connectivity index (χ4v) is 1.35. The molecule has 0 unspecified atom stereocenters. The molecule has 1 aromatic heterocycles. The molecule has 0 saturated carbocycles. The standard InChI is InChI=1S/C12H11N5/c1-8-7-15-12(14)17-11(8)16-10-4-2-9(6-13)3-5-10/h2-5,7H,1H3,(H3,14,15,16,17). The molecule has 84 valence electrons. The average Bonchev–Trinajstić information content (AvgIpc) is 2.35. The van der Waals surface area contributed by atoms with Crippen LogP contribution in [0.15, 0.2) is 30.5 Å². The van der Waals surface area contributed by atoms with Crippen molar-refractivity contribution in [3.8, 4) is 6.07 Å². The quantitative estimate of drug-likeness (QED) is 0.815. The molecule has 1 heterocycles. The Hall–Kier alpha value is -2.61. The Kier molecular flexibility index (Phi) is 2.88. The minimum absolute atomic E-state index is 0.228. The van der Waals surface area contributed by atoms with Crippen LogP contribution >= 0.6 is 0 Å². The molecule has 2 rings (SSSR count). The van der Waals surface area contributed by atoms with E-state index in [2.05, 4.69) is 21.4 Å². The highest BCUT2D eigenvalue weighted by molar-refractivity contribution is 5.60. The monoisotopic (exact) mass is 225 g/mol. The molecule has 1 aromatic carbocycles. The summed E-state index contributed by atoms with van der Waals surface area (Å²) in [5, 5.41) is 11.8. The van der Waals surface area contributed by atoms with Gasteiger partial charge in [0.05, 0.1) is 11.6 Å². The van der Waals surface area contributed by atoms with E-state index in [4.69, 9.17) is 11.0 Å². The number of nitrogens with zero attached hydrogens (tertiary/aromatic N) is 3. The first-order valence-corrected chi connectivity index (χ1v) is 5.05. The molecule has 5 nitrogen and oxygen atoms in total. The van der Waals surface area contributed by atoms with Crippen molar-refractivity contribution in [3.63, 3.8) is 0 Å². The molecular formula is C12H11N5. The normalized spacial score (nSPS) is 9.65. The molecule has 17 heavy (non-hydrogen) atoms. The maximum atomic E-state index is 8.69. The van der Waals surface area contributed by atoms with Crippen LogP contribution in [0.4, 0.5) is 17.5 Å². The van der Waals surface area contributed by atoms with Crippen LogP contribution < -0.4 is 11.1 Å². The van der Waals surface area contributed by atoms with E-state index < -0.39 is 0 Å². The number of nitrogen functional groups attached to an aromatic ring is 1. The van der Waals surface area contributed by atoms with E-state index in [0.29, 0.717) is 11.4 Å². The largest absolute Gasteiger partial charge is 0.368 e. The molecule has 0 fully saturated rings. The van der Waals surface area contributed by atoms with E-state index in [1.165, 1.54) is 0 Å². The van der Waals surface area contributed by atoms with Crippen LogP contribution in [0.5, 0.6) is 0 Å². The molecule has 0 radical (unpaired) electrons. The predicted octanol–water partition coefficient (Wildman–Crippen LogP) is 1.98. The topological polar surface area (TPSA) is 87.6 Å². The van der Waals surface area contributed by atoms with Crippen LogP contribution in [0, 0.1) is 18.3 Å². The Labute approximate surface area is 98.9 Å². The summed E-state index contributed by atoms with van der Waals surface area (Å²) in [5.74, 6) is 0.897. The highest BCUT2D eigenvalue weighted by Gasteiger charge is 2.02. The minimum Gasteiger partial charge on any atom is -0.368 e. The molecule has 3 N–H and O–H groups in total. The highest BCUT2D eigenvalue weighted by atomic mass is 15.1. The summed E-state index contributed by atoms with van der Waals surface area (Å²) in [7, 11) is 0. The van der Waals surface area contributed by atoms with Crippen LogP contribution in [-0.2, 0) is 0 Å². The van der Waals surface area contributed by atoms with Gasteiger partial charge in [0.1, 0.15) is 5.82 Å². The van der Waals surface area contributed by atoms with Crippen LogP contribution in [0.3, 0.4) is 0 Å². The molecule has 0 aliphatic carbocycles. The number of aromatic nitrogens is 2. The second-order valence-corrected chi connectivity index (χ2v) is 3.57. The average molecular weight is 225 g/mol. The number of nitrogens with one attached hydrogen (secondary N) is 1. The summed E-state index contributed by atoms with van der Waals surface area (Å²) in [6.07, 6.45) is 1.66. The summed E-state index contributed by atoms with van der Waals surface area (Å²) < 4.78 is 0. The summed E-state index contributed by atoms with van der Waals surface area (Å²) in [5.41, 5.74) is 7.90. The van der Waals surface area contributed by atoms with Gasteiger partial charge in [-0.1, -0.05) is 0 Å². The van der Waals surface area contributed by atoms with Gasteiger partial charge in [0.2, 0.25) is 5.95 Å². The molecule has 0 bridgehead atoms. The van der Waals surface area contributed by atoms with E-state index in [9.17, 15) is 0 Å². The molecule has 0 atom stereocenters. The zero-order valence-electron chi connectivity index (χ0n) is 9.31. The molecule has 0 amide bonds. The lowest BCUT2D eigenvalue weighted by molar-refractivity contribution is 1.15. The SMILES string of the molecule is Cc1cnc(N)nc1Nc1ccc(C#N)cc1.